The van der Waals surface area contributed by atoms with Crippen LogP contribution in [0.15, 0.2) is 0 Å². The van der Waals surface area contributed by atoms with Crippen molar-refractivity contribution in [1.29, 1.82) is 0 Å². The van der Waals surface area contributed by atoms with Crippen LogP contribution < -0.4 is 0 Å². The molecule has 60 valence electrons. The molecule has 3 N–H and O–H groups in total. The molecule has 0 bridgehead atoms. The average Bonchev–Trinajstić information content (AvgIpc) is 2.09. The lowest BCUT2D eigenvalue weighted by atomic mass is 10.1. The molecule has 4 nitrogen and oxygen atoms in total. The lowest BCUT2D eigenvalue weighted by Crippen LogP contribution is -2.35. The predicted molar refractivity (Wildman–Crippen MR) is 35.4 cm³/mol. The van der Waals surface area contributed by atoms with Crippen LogP contribution in [0.3, 0.4) is 0 Å². The smallest absolute Gasteiger partial charge is 0.100 e. The number of nitrogens with zero attached hydrogens (tertiary/aromatic N) is 1. The lowest BCUT2D eigenvalue weighted by Gasteiger charge is -2.15. The number of hydrogen-bond acceptors (Lipinski definition) is 4. The van der Waals surface area contributed by atoms with Crippen molar-refractivity contribution in [3.63, 3.8) is 0 Å². The van der Waals surface area contributed by atoms with Crippen molar-refractivity contribution in [3.05, 3.63) is 0 Å². The summed E-state index contributed by atoms with van der Waals surface area (Å²) in [6.45, 7) is -0.0321. The molecule has 0 radical (unpaired) electrons. The van der Waals surface area contributed by atoms with Gasteiger partial charge in [0.1, 0.15) is 6.10 Å². The summed E-state index contributed by atoms with van der Waals surface area (Å²) in [6, 6.07) is -0.531. The quantitative estimate of drug-likeness (QED) is 0.418. The first-order valence-electron chi connectivity index (χ1n) is 3.06. The molecular formula is C5H10ClNO3. The Kier molecular flexibility index (Phi) is 2.49. The van der Waals surface area contributed by atoms with Gasteiger partial charge in [0.05, 0.1) is 18.8 Å². The molecule has 1 fully saturated rings. The summed E-state index contributed by atoms with van der Waals surface area (Å²) in [6.07, 6.45) is -1.77. The van der Waals surface area contributed by atoms with Crippen LogP contribution in [-0.4, -0.2) is 51.1 Å². The summed E-state index contributed by atoms with van der Waals surface area (Å²) < 4.78 is 1.22. The second-order valence-electron chi connectivity index (χ2n) is 2.39. The molecule has 0 aromatic rings. The molecule has 0 saturated carbocycles. The summed E-state index contributed by atoms with van der Waals surface area (Å²) in [4.78, 5) is 0. The predicted octanol–water partition coefficient (Wildman–Crippen LogP) is -1.46. The maximum atomic E-state index is 9.09. The number of halogens is 1. The second-order valence-corrected chi connectivity index (χ2v) is 2.82. The Hall–Kier alpha value is 0.130. The molecule has 1 aliphatic rings. The molecule has 0 aromatic carbocycles. The topological polar surface area (TPSA) is 63.9 Å². The van der Waals surface area contributed by atoms with Gasteiger partial charge in [0.15, 0.2) is 0 Å². The molecular weight excluding hydrogens is 158 g/mol. The molecule has 0 unspecified atom stereocenters. The van der Waals surface area contributed by atoms with E-state index in [1.165, 1.54) is 4.42 Å². The summed E-state index contributed by atoms with van der Waals surface area (Å²) in [7, 11) is 0. The highest BCUT2D eigenvalue weighted by atomic mass is 35.5. The third kappa shape index (κ3) is 1.26. The van der Waals surface area contributed by atoms with E-state index in [9.17, 15) is 0 Å². The van der Waals surface area contributed by atoms with Crippen LogP contribution in [0.2, 0.25) is 0 Å². The van der Waals surface area contributed by atoms with E-state index in [1.807, 2.05) is 0 Å². The van der Waals surface area contributed by atoms with Gasteiger partial charge in [-0.15, -0.1) is 0 Å². The van der Waals surface area contributed by atoms with E-state index in [0.717, 1.165) is 0 Å². The number of β-amino-alcohol motifs (C(OH)–C–C–N with tert-alkyl or cyclic N) is 1. The number of aliphatic hydroxyl groups is 3. The SMILES string of the molecule is OC[C@@H]1[C@@H](O)[C@@H](O)CN1Cl. The third-order valence-electron chi connectivity index (χ3n) is 1.70. The fourth-order valence-electron chi connectivity index (χ4n) is 1.04. The minimum Gasteiger partial charge on any atom is -0.395 e. The van der Waals surface area contributed by atoms with E-state index in [0.29, 0.717) is 0 Å². The molecule has 10 heavy (non-hydrogen) atoms. The van der Waals surface area contributed by atoms with E-state index >= 15 is 0 Å². The highest BCUT2D eigenvalue weighted by molar-refractivity contribution is 6.13. The molecule has 0 spiro atoms. The van der Waals surface area contributed by atoms with Crippen molar-refractivity contribution in [3.8, 4) is 0 Å². The zero-order valence-electron chi connectivity index (χ0n) is 5.31. The van der Waals surface area contributed by atoms with Crippen LogP contribution in [0, 0.1) is 0 Å². The van der Waals surface area contributed by atoms with Gasteiger partial charge in [-0.2, -0.15) is 0 Å². The molecule has 0 aliphatic carbocycles. The fourth-order valence-corrected chi connectivity index (χ4v) is 1.36. The maximum absolute atomic E-state index is 9.09. The molecule has 1 heterocycles. The van der Waals surface area contributed by atoms with E-state index in [-0.39, 0.29) is 13.2 Å². The van der Waals surface area contributed by atoms with Crippen LogP contribution in [0.5, 0.6) is 0 Å². The Bertz CT molecular complexity index is 123. The van der Waals surface area contributed by atoms with E-state index in [1.54, 1.807) is 0 Å². The lowest BCUT2D eigenvalue weighted by molar-refractivity contribution is 0.0266. The zero-order valence-corrected chi connectivity index (χ0v) is 6.07. The minimum absolute atomic E-state index is 0.202. The van der Waals surface area contributed by atoms with E-state index in [4.69, 9.17) is 27.1 Å². The number of hydrogen-bond donors (Lipinski definition) is 3. The standard InChI is InChI=1S/C5H10ClNO3/c6-7-1-4(9)5(10)3(7)2-8/h3-5,8-10H,1-2H2/t3-,4+,5-/m1/s1. The molecule has 0 aromatic heterocycles. The van der Waals surface area contributed by atoms with Crippen molar-refractivity contribution in [1.82, 2.24) is 4.42 Å². The Morgan fingerprint density at radius 3 is 2.30 bits per heavy atom. The van der Waals surface area contributed by atoms with E-state index in [2.05, 4.69) is 0 Å². The summed E-state index contributed by atoms with van der Waals surface area (Å²) in [5.41, 5.74) is 0. The highest BCUT2D eigenvalue weighted by Gasteiger charge is 2.38. The number of rotatable bonds is 1. The van der Waals surface area contributed by atoms with Crippen molar-refractivity contribution in [2.75, 3.05) is 13.2 Å². The van der Waals surface area contributed by atoms with Crippen LogP contribution >= 0.6 is 11.8 Å². The summed E-state index contributed by atoms with van der Waals surface area (Å²) in [5.74, 6) is 0. The van der Waals surface area contributed by atoms with Crippen molar-refractivity contribution >= 4 is 11.8 Å². The molecule has 5 heteroatoms. The van der Waals surface area contributed by atoms with Gasteiger partial charge in [-0.25, -0.2) is 4.42 Å². The van der Waals surface area contributed by atoms with Gasteiger partial charge < -0.3 is 15.3 Å². The highest BCUT2D eigenvalue weighted by Crippen LogP contribution is 2.19. The first-order chi connectivity index (χ1) is 4.66. The van der Waals surface area contributed by atoms with Gasteiger partial charge in [0.2, 0.25) is 0 Å². The second kappa shape index (κ2) is 3.02. The monoisotopic (exact) mass is 167 g/mol. The van der Waals surface area contributed by atoms with Gasteiger partial charge in [-0.3, -0.25) is 0 Å². The van der Waals surface area contributed by atoms with E-state index < -0.39 is 18.2 Å². The molecule has 1 aliphatic heterocycles. The Morgan fingerprint density at radius 2 is 2.10 bits per heavy atom. The summed E-state index contributed by atoms with van der Waals surface area (Å²) >= 11 is 5.52. The van der Waals surface area contributed by atoms with Crippen molar-refractivity contribution in [2.24, 2.45) is 0 Å². The molecule has 3 atom stereocenters. The first kappa shape index (κ1) is 8.23. The van der Waals surface area contributed by atoms with Crippen molar-refractivity contribution in [2.45, 2.75) is 18.2 Å². The Morgan fingerprint density at radius 1 is 1.50 bits per heavy atom. The zero-order chi connectivity index (χ0) is 7.72. The Labute approximate surface area is 63.8 Å². The van der Waals surface area contributed by atoms with Crippen LogP contribution in [-0.2, 0) is 0 Å². The van der Waals surface area contributed by atoms with Gasteiger partial charge in [-0.05, 0) is 11.8 Å². The van der Waals surface area contributed by atoms with Crippen LogP contribution in [0.1, 0.15) is 0 Å². The maximum Gasteiger partial charge on any atom is 0.100 e. The van der Waals surface area contributed by atoms with Gasteiger partial charge >= 0.3 is 0 Å². The first-order valence-corrected chi connectivity index (χ1v) is 3.40. The fraction of sp³-hybridized carbons (Fsp3) is 1.00. The van der Waals surface area contributed by atoms with Gasteiger partial charge in [0, 0.05) is 6.54 Å². The molecule has 0 amide bonds. The normalized spacial score (nSPS) is 42.6. The van der Waals surface area contributed by atoms with Gasteiger partial charge in [0.25, 0.3) is 0 Å². The molecule has 1 rings (SSSR count). The Balaban J connectivity index is 2.55. The average molecular weight is 168 g/mol. The number of aliphatic hydroxyl groups excluding tert-OH is 3. The van der Waals surface area contributed by atoms with Crippen LogP contribution in [0.25, 0.3) is 0 Å². The minimum atomic E-state index is -0.928. The van der Waals surface area contributed by atoms with Crippen LogP contribution in [0.4, 0.5) is 0 Å². The largest absolute Gasteiger partial charge is 0.395 e. The van der Waals surface area contributed by atoms with Crippen molar-refractivity contribution < 1.29 is 15.3 Å². The third-order valence-corrected chi connectivity index (χ3v) is 2.09. The van der Waals surface area contributed by atoms with Gasteiger partial charge in [-0.1, -0.05) is 0 Å². The molecule has 1 saturated heterocycles. The summed E-state index contributed by atoms with van der Waals surface area (Å²) in [5, 5.41) is 26.7.